The molecule has 3 aromatic carbocycles. The number of nitrogen functional groups attached to an aromatic ring is 1. The zero-order valence-electron chi connectivity index (χ0n) is 20.6. The van der Waals surface area contributed by atoms with E-state index in [1.807, 2.05) is 55.5 Å². The van der Waals surface area contributed by atoms with Gasteiger partial charge in [0, 0.05) is 0 Å². The molecule has 0 bridgehead atoms. The molecule has 36 heavy (non-hydrogen) atoms. The number of aromatic nitrogens is 3. The first-order chi connectivity index (χ1) is 17.2. The van der Waals surface area contributed by atoms with Crippen LogP contribution in [0.1, 0.15) is 42.0 Å². The molecular weight excluding hydrogens is 470 g/mol. The SMILES string of the molecule is Cc1ccc(C)c(S(=O)(=O)c2c(N)n(/N=C\c3ccc(C(C)C)cc3)c3nc4ccccc4nc23)c1. The van der Waals surface area contributed by atoms with Gasteiger partial charge in [0.05, 0.1) is 22.1 Å². The molecule has 0 radical (unpaired) electrons. The predicted molar refractivity (Wildman–Crippen MR) is 144 cm³/mol. The number of rotatable bonds is 5. The van der Waals surface area contributed by atoms with Gasteiger partial charge in [0.2, 0.25) is 9.84 Å². The van der Waals surface area contributed by atoms with Crippen LogP contribution in [0.15, 0.2) is 81.6 Å². The predicted octanol–water partition coefficient (Wildman–Crippen LogP) is 5.62. The summed E-state index contributed by atoms with van der Waals surface area (Å²) in [6.07, 6.45) is 1.64. The Labute approximate surface area is 210 Å². The molecule has 5 aromatic rings. The van der Waals surface area contributed by atoms with Gasteiger partial charge in [-0.05, 0) is 60.2 Å². The maximum Gasteiger partial charge on any atom is 0.212 e. The summed E-state index contributed by atoms with van der Waals surface area (Å²) in [6.45, 7) is 7.89. The van der Waals surface area contributed by atoms with E-state index in [0.29, 0.717) is 22.5 Å². The molecule has 0 atom stereocenters. The zero-order chi connectivity index (χ0) is 25.6. The van der Waals surface area contributed by atoms with Crippen molar-refractivity contribution in [2.75, 3.05) is 5.73 Å². The lowest BCUT2D eigenvalue weighted by atomic mass is 10.0. The number of benzene rings is 3. The summed E-state index contributed by atoms with van der Waals surface area (Å²) in [5, 5.41) is 4.55. The Morgan fingerprint density at radius 2 is 1.61 bits per heavy atom. The summed E-state index contributed by atoms with van der Waals surface area (Å²) in [7, 11) is -4.02. The number of sulfone groups is 1. The van der Waals surface area contributed by atoms with Crippen LogP contribution in [0, 0.1) is 13.8 Å². The molecule has 0 unspecified atom stereocenters. The van der Waals surface area contributed by atoms with Gasteiger partial charge in [-0.25, -0.2) is 18.4 Å². The van der Waals surface area contributed by atoms with E-state index < -0.39 is 9.84 Å². The molecule has 0 amide bonds. The standard InChI is InChI=1S/C28H27N5O2S/c1-17(2)21-13-11-20(12-14-21)16-30-33-27(29)26(36(34,35)24-15-18(3)9-10-19(24)4)25-28(33)32-23-8-6-5-7-22(23)31-25/h5-17H,29H2,1-4H3/b30-16-. The van der Waals surface area contributed by atoms with E-state index >= 15 is 0 Å². The molecule has 8 heteroatoms. The number of para-hydroxylation sites is 2. The van der Waals surface area contributed by atoms with E-state index in [1.165, 1.54) is 10.2 Å². The minimum Gasteiger partial charge on any atom is -0.382 e. The van der Waals surface area contributed by atoms with Crippen molar-refractivity contribution in [3.05, 3.63) is 89.0 Å². The topological polar surface area (TPSA) is 103 Å². The Hall–Kier alpha value is -4.04. The van der Waals surface area contributed by atoms with Gasteiger partial charge in [-0.3, -0.25) is 0 Å². The molecule has 0 aliphatic heterocycles. The molecule has 0 aliphatic carbocycles. The summed E-state index contributed by atoms with van der Waals surface area (Å²) in [5.74, 6) is 0.387. The van der Waals surface area contributed by atoms with Gasteiger partial charge in [-0.15, -0.1) is 0 Å². The Morgan fingerprint density at radius 1 is 0.944 bits per heavy atom. The van der Waals surface area contributed by atoms with Crippen molar-refractivity contribution >= 4 is 44.1 Å². The van der Waals surface area contributed by atoms with E-state index in [1.54, 1.807) is 31.3 Å². The highest BCUT2D eigenvalue weighted by Crippen LogP contribution is 2.36. The number of anilines is 1. The molecule has 2 aromatic heterocycles. The maximum absolute atomic E-state index is 14.0. The highest BCUT2D eigenvalue weighted by Gasteiger charge is 2.31. The van der Waals surface area contributed by atoms with E-state index in [4.69, 9.17) is 10.7 Å². The Kier molecular flexibility index (Phi) is 5.84. The maximum atomic E-state index is 14.0. The normalized spacial score (nSPS) is 12.4. The highest BCUT2D eigenvalue weighted by atomic mass is 32.2. The minimum atomic E-state index is -4.02. The third-order valence-electron chi connectivity index (χ3n) is 6.26. The number of aryl methyl sites for hydroxylation is 2. The zero-order valence-corrected chi connectivity index (χ0v) is 21.4. The van der Waals surface area contributed by atoms with E-state index in [0.717, 1.165) is 11.1 Å². The van der Waals surface area contributed by atoms with Crippen molar-refractivity contribution < 1.29 is 8.42 Å². The van der Waals surface area contributed by atoms with Crippen molar-refractivity contribution in [1.29, 1.82) is 0 Å². The third-order valence-corrected chi connectivity index (χ3v) is 8.21. The van der Waals surface area contributed by atoms with Crippen LogP contribution in [-0.2, 0) is 9.84 Å². The van der Waals surface area contributed by atoms with Gasteiger partial charge in [-0.2, -0.15) is 9.78 Å². The van der Waals surface area contributed by atoms with Crippen LogP contribution in [0.4, 0.5) is 5.82 Å². The quantitative estimate of drug-likeness (QED) is 0.317. The van der Waals surface area contributed by atoms with Crippen LogP contribution in [0.5, 0.6) is 0 Å². The largest absolute Gasteiger partial charge is 0.382 e. The second-order valence-electron chi connectivity index (χ2n) is 9.25. The monoisotopic (exact) mass is 497 g/mol. The van der Waals surface area contributed by atoms with E-state index in [2.05, 4.69) is 23.9 Å². The van der Waals surface area contributed by atoms with Crippen LogP contribution >= 0.6 is 0 Å². The fourth-order valence-electron chi connectivity index (χ4n) is 4.20. The van der Waals surface area contributed by atoms with Gasteiger partial charge in [0.25, 0.3) is 0 Å². The van der Waals surface area contributed by atoms with Crippen LogP contribution in [0.25, 0.3) is 22.2 Å². The van der Waals surface area contributed by atoms with Gasteiger partial charge in [-0.1, -0.05) is 62.4 Å². The molecule has 0 aliphatic rings. The Bertz CT molecular complexity index is 1750. The number of nitrogens with zero attached hydrogens (tertiary/aromatic N) is 4. The second-order valence-corrected chi connectivity index (χ2v) is 11.1. The van der Waals surface area contributed by atoms with Gasteiger partial charge in [0.1, 0.15) is 16.2 Å². The fourth-order valence-corrected chi connectivity index (χ4v) is 6.01. The molecule has 2 N–H and O–H groups in total. The molecule has 0 saturated heterocycles. The molecule has 0 fully saturated rings. The van der Waals surface area contributed by atoms with Crippen LogP contribution in [-0.4, -0.2) is 29.3 Å². The van der Waals surface area contributed by atoms with Crippen molar-refractivity contribution in [2.45, 2.75) is 43.4 Å². The average Bonchev–Trinajstić information content (AvgIpc) is 3.13. The van der Waals surface area contributed by atoms with E-state index in [-0.39, 0.29) is 26.8 Å². The highest BCUT2D eigenvalue weighted by molar-refractivity contribution is 7.92. The van der Waals surface area contributed by atoms with Crippen molar-refractivity contribution in [2.24, 2.45) is 5.10 Å². The molecule has 0 spiro atoms. The van der Waals surface area contributed by atoms with Crippen LogP contribution in [0.2, 0.25) is 0 Å². The molecule has 2 heterocycles. The lowest BCUT2D eigenvalue weighted by molar-refractivity contribution is 0.596. The lowest BCUT2D eigenvalue weighted by Crippen LogP contribution is -2.08. The molecule has 5 rings (SSSR count). The number of nitrogens with two attached hydrogens (primary N) is 1. The van der Waals surface area contributed by atoms with E-state index in [9.17, 15) is 8.42 Å². The molecule has 7 nitrogen and oxygen atoms in total. The van der Waals surface area contributed by atoms with Crippen LogP contribution in [0.3, 0.4) is 0 Å². The first kappa shape index (κ1) is 23.7. The first-order valence-corrected chi connectivity index (χ1v) is 13.2. The summed E-state index contributed by atoms with van der Waals surface area (Å²) < 4.78 is 29.3. The van der Waals surface area contributed by atoms with Crippen LogP contribution < -0.4 is 5.73 Å². The second kappa shape index (κ2) is 8.87. The van der Waals surface area contributed by atoms with Gasteiger partial charge in [0.15, 0.2) is 5.65 Å². The first-order valence-electron chi connectivity index (χ1n) is 11.7. The number of hydrogen-bond donors (Lipinski definition) is 1. The molecular formula is C28H27N5O2S. The summed E-state index contributed by atoms with van der Waals surface area (Å²) >= 11 is 0. The van der Waals surface area contributed by atoms with Gasteiger partial charge < -0.3 is 5.73 Å². The van der Waals surface area contributed by atoms with Crippen molar-refractivity contribution in [1.82, 2.24) is 14.6 Å². The van der Waals surface area contributed by atoms with Crippen molar-refractivity contribution in [3.8, 4) is 0 Å². The van der Waals surface area contributed by atoms with Crippen molar-refractivity contribution in [3.63, 3.8) is 0 Å². The Morgan fingerprint density at radius 3 is 2.28 bits per heavy atom. The lowest BCUT2D eigenvalue weighted by Gasteiger charge is -2.09. The molecule has 182 valence electrons. The minimum absolute atomic E-state index is 0.0312. The number of hydrogen-bond acceptors (Lipinski definition) is 6. The fraction of sp³-hybridized carbons (Fsp3) is 0.179. The molecule has 0 saturated carbocycles. The third kappa shape index (κ3) is 4.03. The van der Waals surface area contributed by atoms with Gasteiger partial charge >= 0.3 is 0 Å². The average molecular weight is 498 g/mol. The summed E-state index contributed by atoms with van der Waals surface area (Å²) in [6, 6.07) is 20.7. The smallest absolute Gasteiger partial charge is 0.212 e. The summed E-state index contributed by atoms with van der Waals surface area (Å²) in [4.78, 5) is 9.48. The number of fused-ring (bicyclic) bond motifs is 2. The Balaban J connectivity index is 1.75. The summed E-state index contributed by atoms with van der Waals surface area (Å²) in [5.41, 5.74) is 11.7.